The third-order valence-corrected chi connectivity index (χ3v) is 2.17. The first-order chi connectivity index (χ1) is 8.47. The average molecular weight is 270 g/mol. The molecule has 0 heterocycles. The summed E-state index contributed by atoms with van der Waals surface area (Å²) in [4.78, 5) is 22.8. The molecular weight excluding hydrogens is 254 g/mol. The average Bonchev–Trinajstić information content (AvgIpc) is 2.25. The molecule has 1 aromatic rings. The lowest BCUT2D eigenvalue weighted by molar-refractivity contribution is -0.115. The van der Waals surface area contributed by atoms with E-state index in [1.807, 2.05) is 13.8 Å². The van der Waals surface area contributed by atoms with E-state index >= 15 is 0 Å². The Morgan fingerprint density at radius 2 is 2.06 bits per heavy atom. The zero-order valence-electron chi connectivity index (χ0n) is 10.3. The standard InChI is InChI=1S/C12H16ClN3O2/c1-8(2)15-12(18)14-7-11(17)16-10-5-3-4-9(13)6-10/h3-6,8H,7H2,1-2H3,(H,16,17)(H2,14,15,18). The minimum atomic E-state index is -0.369. The van der Waals surface area contributed by atoms with E-state index < -0.39 is 0 Å². The lowest BCUT2D eigenvalue weighted by Crippen LogP contribution is -2.42. The van der Waals surface area contributed by atoms with Gasteiger partial charge in [0.05, 0.1) is 6.54 Å². The van der Waals surface area contributed by atoms with Crippen LogP contribution in [0.1, 0.15) is 13.8 Å². The van der Waals surface area contributed by atoms with E-state index in [0.29, 0.717) is 10.7 Å². The molecule has 18 heavy (non-hydrogen) atoms. The van der Waals surface area contributed by atoms with Gasteiger partial charge in [0.2, 0.25) is 5.91 Å². The van der Waals surface area contributed by atoms with Gasteiger partial charge in [0.1, 0.15) is 0 Å². The molecule has 0 saturated carbocycles. The number of nitrogens with one attached hydrogen (secondary N) is 3. The normalized spacial score (nSPS) is 10.0. The molecule has 5 nitrogen and oxygen atoms in total. The van der Waals surface area contributed by atoms with Crippen molar-refractivity contribution in [2.45, 2.75) is 19.9 Å². The maximum atomic E-state index is 11.5. The van der Waals surface area contributed by atoms with E-state index in [1.165, 1.54) is 0 Å². The number of amides is 3. The van der Waals surface area contributed by atoms with E-state index in [9.17, 15) is 9.59 Å². The van der Waals surface area contributed by atoms with Crippen LogP contribution in [0.25, 0.3) is 0 Å². The topological polar surface area (TPSA) is 70.2 Å². The molecule has 0 aliphatic carbocycles. The predicted molar refractivity (Wildman–Crippen MR) is 71.8 cm³/mol. The second-order valence-electron chi connectivity index (χ2n) is 4.04. The largest absolute Gasteiger partial charge is 0.336 e. The quantitative estimate of drug-likeness (QED) is 0.782. The minimum absolute atomic E-state index is 0.0287. The molecule has 0 aliphatic heterocycles. The number of hydrogen-bond donors (Lipinski definition) is 3. The third-order valence-electron chi connectivity index (χ3n) is 1.94. The van der Waals surface area contributed by atoms with Crippen molar-refractivity contribution >= 4 is 29.2 Å². The molecule has 0 atom stereocenters. The number of carbonyl (C=O) groups excluding carboxylic acids is 2. The van der Waals surface area contributed by atoms with Gasteiger partial charge in [-0.3, -0.25) is 4.79 Å². The van der Waals surface area contributed by atoms with E-state index in [2.05, 4.69) is 16.0 Å². The fourth-order valence-corrected chi connectivity index (χ4v) is 1.44. The number of carbonyl (C=O) groups is 2. The molecule has 0 unspecified atom stereocenters. The Morgan fingerprint density at radius 1 is 1.33 bits per heavy atom. The zero-order chi connectivity index (χ0) is 13.5. The molecule has 1 aromatic carbocycles. The van der Waals surface area contributed by atoms with Gasteiger partial charge in [0, 0.05) is 16.8 Å². The van der Waals surface area contributed by atoms with Crippen molar-refractivity contribution in [3.05, 3.63) is 29.3 Å². The number of anilines is 1. The van der Waals surface area contributed by atoms with Gasteiger partial charge in [-0.15, -0.1) is 0 Å². The van der Waals surface area contributed by atoms with Crippen LogP contribution in [0.2, 0.25) is 5.02 Å². The lowest BCUT2D eigenvalue weighted by Gasteiger charge is -2.10. The molecule has 0 bridgehead atoms. The van der Waals surface area contributed by atoms with E-state index in [0.717, 1.165) is 0 Å². The first-order valence-electron chi connectivity index (χ1n) is 5.57. The molecule has 0 fully saturated rings. The van der Waals surface area contributed by atoms with Crippen LogP contribution >= 0.6 is 11.6 Å². The van der Waals surface area contributed by atoms with Crippen molar-refractivity contribution in [2.24, 2.45) is 0 Å². The predicted octanol–water partition coefficient (Wildman–Crippen LogP) is 1.99. The summed E-state index contributed by atoms with van der Waals surface area (Å²) in [6.07, 6.45) is 0. The second-order valence-corrected chi connectivity index (χ2v) is 4.48. The Bertz CT molecular complexity index is 435. The summed E-state index contributed by atoms with van der Waals surface area (Å²) in [5, 5.41) is 8.24. The summed E-state index contributed by atoms with van der Waals surface area (Å²) >= 11 is 5.78. The lowest BCUT2D eigenvalue weighted by atomic mass is 10.3. The van der Waals surface area contributed by atoms with Crippen LogP contribution in [0.4, 0.5) is 10.5 Å². The van der Waals surface area contributed by atoms with Crippen molar-refractivity contribution in [1.82, 2.24) is 10.6 Å². The van der Waals surface area contributed by atoms with Gasteiger partial charge in [-0.1, -0.05) is 17.7 Å². The van der Waals surface area contributed by atoms with Crippen LogP contribution in [0.15, 0.2) is 24.3 Å². The molecule has 0 spiro atoms. The molecule has 98 valence electrons. The highest BCUT2D eigenvalue weighted by Gasteiger charge is 2.06. The van der Waals surface area contributed by atoms with Gasteiger partial charge in [-0.2, -0.15) is 0 Å². The van der Waals surface area contributed by atoms with Crippen LogP contribution < -0.4 is 16.0 Å². The highest BCUT2D eigenvalue weighted by atomic mass is 35.5. The van der Waals surface area contributed by atoms with Crippen LogP contribution in [0.3, 0.4) is 0 Å². The molecule has 0 radical (unpaired) electrons. The number of urea groups is 1. The Morgan fingerprint density at radius 3 is 2.67 bits per heavy atom. The first kappa shape index (κ1) is 14.3. The van der Waals surface area contributed by atoms with Crippen LogP contribution in [0.5, 0.6) is 0 Å². The smallest absolute Gasteiger partial charge is 0.315 e. The van der Waals surface area contributed by atoms with Crippen molar-refractivity contribution in [1.29, 1.82) is 0 Å². The van der Waals surface area contributed by atoms with Crippen molar-refractivity contribution < 1.29 is 9.59 Å². The molecule has 0 aliphatic rings. The van der Waals surface area contributed by atoms with Crippen LogP contribution in [0, 0.1) is 0 Å². The summed E-state index contributed by atoms with van der Waals surface area (Å²) in [7, 11) is 0. The van der Waals surface area contributed by atoms with E-state index in [4.69, 9.17) is 11.6 Å². The van der Waals surface area contributed by atoms with E-state index in [-0.39, 0.29) is 24.5 Å². The molecular formula is C12H16ClN3O2. The van der Waals surface area contributed by atoms with E-state index in [1.54, 1.807) is 24.3 Å². The molecule has 6 heteroatoms. The number of rotatable bonds is 4. The number of benzene rings is 1. The number of halogens is 1. The maximum Gasteiger partial charge on any atom is 0.315 e. The molecule has 1 rings (SSSR count). The highest BCUT2D eigenvalue weighted by Crippen LogP contribution is 2.14. The minimum Gasteiger partial charge on any atom is -0.336 e. The van der Waals surface area contributed by atoms with Crippen LogP contribution in [-0.4, -0.2) is 24.5 Å². The first-order valence-corrected chi connectivity index (χ1v) is 5.95. The fraction of sp³-hybridized carbons (Fsp3) is 0.333. The van der Waals surface area contributed by atoms with Gasteiger partial charge in [0.15, 0.2) is 0 Å². The summed E-state index contributed by atoms with van der Waals surface area (Å²) in [6.45, 7) is 3.59. The SMILES string of the molecule is CC(C)NC(=O)NCC(=O)Nc1cccc(Cl)c1. The molecule has 0 aromatic heterocycles. The zero-order valence-corrected chi connectivity index (χ0v) is 11.0. The second kappa shape index (κ2) is 6.86. The van der Waals surface area contributed by atoms with Gasteiger partial charge < -0.3 is 16.0 Å². The van der Waals surface area contributed by atoms with Crippen LogP contribution in [-0.2, 0) is 4.79 Å². The maximum absolute atomic E-state index is 11.5. The van der Waals surface area contributed by atoms with Crippen molar-refractivity contribution in [3.63, 3.8) is 0 Å². The fourth-order valence-electron chi connectivity index (χ4n) is 1.25. The molecule has 0 saturated heterocycles. The van der Waals surface area contributed by atoms with Gasteiger partial charge in [0.25, 0.3) is 0 Å². The van der Waals surface area contributed by atoms with Crippen molar-refractivity contribution in [2.75, 3.05) is 11.9 Å². The number of hydrogen-bond acceptors (Lipinski definition) is 2. The van der Waals surface area contributed by atoms with Gasteiger partial charge in [-0.25, -0.2) is 4.79 Å². The Hall–Kier alpha value is -1.75. The van der Waals surface area contributed by atoms with Gasteiger partial charge >= 0.3 is 6.03 Å². The van der Waals surface area contributed by atoms with Crippen molar-refractivity contribution in [3.8, 4) is 0 Å². The molecule has 3 N–H and O–H groups in total. The summed E-state index contributed by atoms with van der Waals surface area (Å²) < 4.78 is 0. The summed E-state index contributed by atoms with van der Waals surface area (Å²) in [6, 6.07) is 6.46. The third kappa shape index (κ3) is 5.54. The Kier molecular flexibility index (Phi) is 5.45. The summed E-state index contributed by atoms with van der Waals surface area (Å²) in [5.41, 5.74) is 0.596. The highest BCUT2D eigenvalue weighted by molar-refractivity contribution is 6.30. The monoisotopic (exact) mass is 269 g/mol. The Balaban J connectivity index is 2.36. The summed E-state index contributed by atoms with van der Waals surface area (Å²) in [5.74, 6) is -0.309. The Labute approximate surface area is 111 Å². The molecule has 3 amide bonds. The van der Waals surface area contributed by atoms with Gasteiger partial charge in [-0.05, 0) is 32.0 Å².